The van der Waals surface area contributed by atoms with E-state index in [9.17, 15) is 9.59 Å². The van der Waals surface area contributed by atoms with Crippen molar-refractivity contribution in [2.24, 2.45) is 0 Å². The average Bonchev–Trinajstić information content (AvgIpc) is 3.20. The Kier molecular flexibility index (Phi) is 20.8. The lowest BCUT2D eigenvalue weighted by Gasteiger charge is -2.09. The monoisotopic (exact) mass is 704 g/mol. The fourth-order valence-electron chi connectivity index (χ4n) is 2.81. The number of rotatable bonds is 4. The number of amides is 2. The van der Waals surface area contributed by atoms with Crippen molar-refractivity contribution in [2.75, 3.05) is 11.5 Å². The third-order valence-corrected chi connectivity index (χ3v) is 5.04. The van der Waals surface area contributed by atoms with Crippen LogP contribution < -0.4 is 22.1 Å². The minimum atomic E-state index is -0.518. The molecule has 0 aromatic heterocycles. The number of benzene rings is 2. The van der Waals surface area contributed by atoms with Gasteiger partial charge in [0.25, 0.3) is 11.8 Å². The zero-order chi connectivity index (χ0) is 40.2. The molecule has 0 atom stereocenters. The maximum Gasteiger partial charge on any atom is 0.257 e. The van der Waals surface area contributed by atoms with Gasteiger partial charge in [-0.1, -0.05) is 5.73 Å². The molecule has 0 fully saturated rings. The second-order valence-corrected chi connectivity index (χ2v) is 8.83. The van der Waals surface area contributed by atoms with E-state index < -0.39 is 11.8 Å². The van der Waals surface area contributed by atoms with E-state index >= 15 is 0 Å². The van der Waals surface area contributed by atoms with Gasteiger partial charge in [-0.2, -0.15) is 0 Å². The maximum absolute atomic E-state index is 12.7. The summed E-state index contributed by atoms with van der Waals surface area (Å²) < 4.78 is 0. The molecule has 2 aromatic rings. The van der Waals surface area contributed by atoms with Gasteiger partial charge in [-0.25, -0.2) is 0 Å². The first kappa shape index (κ1) is 41.4. The molecular formula is C50H16N4O2. The van der Waals surface area contributed by atoms with Gasteiger partial charge in [0, 0.05) is 114 Å². The first-order valence-electron chi connectivity index (χ1n) is 15.0. The van der Waals surface area contributed by atoms with Gasteiger partial charge >= 0.3 is 0 Å². The van der Waals surface area contributed by atoms with Gasteiger partial charge in [-0.3, -0.25) is 9.59 Å². The van der Waals surface area contributed by atoms with Crippen molar-refractivity contribution in [3.63, 3.8) is 0 Å². The van der Waals surface area contributed by atoms with E-state index in [1.54, 1.807) is 24.3 Å². The van der Waals surface area contributed by atoms with Crippen LogP contribution in [0.5, 0.6) is 0 Å². The third kappa shape index (κ3) is 21.3. The van der Waals surface area contributed by atoms with Crippen molar-refractivity contribution in [1.29, 1.82) is 0 Å². The summed E-state index contributed by atoms with van der Waals surface area (Å²) in [5.41, 5.74) is 97.6. The molecule has 6 N–H and O–H groups in total. The summed E-state index contributed by atoms with van der Waals surface area (Å²) in [6, 6.07) is 12.4. The highest BCUT2D eigenvalue weighted by molar-refractivity contribution is 5.98. The summed E-state index contributed by atoms with van der Waals surface area (Å²) >= 11 is 0. The summed E-state index contributed by atoms with van der Waals surface area (Å²) in [5.74, 6) is -1.13. The van der Waals surface area contributed by atoms with Gasteiger partial charge < -0.3 is 22.1 Å². The van der Waals surface area contributed by atoms with E-state index in [4.69, 9.17) is 11.5 Å². The van der Waals surface area contributed by atoms with Crippen LogP contribution in [0.4, 0.5) is 11.4 Å². The van der Waals surface area contributed by atoms with Crippen molar-refractivity contribution >= 4 is 23.2 Å². The van der Waals surface area contributed by atoms with E-state index in [2.05, 4.69) is 212 Å². The molecule has 0 aliphatic heterocycles. The molecule has 0 radical (unpaired) electrons. The highest BCUT2D eigenvalue weighted by atomic mass is 16.2. The second-order valence-electron chi connectivity index (χ2n) is 8.83. The van der Waals surface area contributed by atoms with Gasteiger partial charge in [0.2, 0.25) is 0 Å². The number of carbonyl (C=O) groups excluding carboxylic acids is 2. The van der Waals surface area contributed by atoms with Crippen molar-refractivity contribution < 1.29 is 9.59 Å². The minimum Gasteiger partial charge on any atom is -0.399 e. The lowest BCUT2D eigenvalue weighted by Crippen LogP contribution is -2.34. The Balaban J connectivity index is 2.34. The van der Waals surface area contributed by atoms with E-state index in [0.717, 1.165) is 0 Å². The van der Waals surface area contributed by atoms with E-state index in [0.29, 0.717) is 22.5 Å². The van der Waals surface area contributed by atoms with Crippen molar-refractivity contribution in [2.45, 2.75) is 0 Å². The standard InChI is InChI=1S/C50H16N4O2/c1-2-3-4-5-6-7-8-9-10-11-12-13-14-15-16-17-18-19-20-21-22-23-24-25-26-27-28-29-30-31-32-33-34-35-48(53-49(55)44-36-40-46(51)41-37-44)54-50(56)45-38-42-47(52)43-39-45/h36-43H,1,51-52H2,(H,53,55)(H,54,56). The van der Waals surface area contributed by atoms with Crippen LogP contribution in [0, 0.1) is 0 Å². The number of nitrogens with one attached hydrogen (secondary N) is 2. The largest absolute Gasteiger partial charge is 0.399 e. The third-order valence-electron chi connectivity index (χ3n) is 5.04. The van der Waals surface area contributed by atoms with Gasteiger partial charge in [0.15, 0.2) is 5.82 Å². The molecule has 0 saturated carbocycles. The molecular weight excluding hydrogens is 689 g/mol. The lowest BCUT2D eigenvalue weighted by atomic mass is 10.2. The van der Waals surface area contributed by atoms with Crippen LogP contribution in [0.1, 0.15) is 20.7 Å². The van der Waals surface area contributed by atoms with Crippen LogP contribution in [0.25, 0.3) is 0 Å². The average molecular weight is 705 g/mol. The molecule has 6 heteroatoms. The van der Waals surface area contributed by atoms with Crippen LogP contribution in [-0.2, 0) is 0 Å². The number of carbonyl (C=O) groups is 2. The summed E-state index contributed by atoms with van der Waals surface area (Å²) in [7, 11) is 0. The molecule has 2 rings (SSSR count). The Hall–Kier alpha value is -10.8. The molecule has 56 heavy (non-hydrogen) atoms. The number of nitrogen functional groups attached to an aromatic ring is 2. The molecule has 0 aliphatic carbocycles. The van der Waals surface area contributed by atoms with Crippen molar-refractivity contribution in [1.82, 2.24) is 10.6 Å². The molecule has 248 valence electrons. The topological polar surface area (TPSA) is 110 Å². The summed E-state index contributed by atoms with van der Waals surface area (Å²) in [5, 5.41) is 5.10. The van der Waals surface area contributed by atoms with E-state index in [1.807, 2.05) is 0 Å². The van der Waals surface area contributed by atoms with Crippen LogP contribution in [0.15, 0.2) is 256 Å². The predicted molar refractivity (Wildman–Crippen MR) is 205 cm³/mol. The van der Waals surface area contributed by atoms with Crippen molar-refractivity contribution in [3.8, 4) is 0 Å². The van der Waals surface area contributed by atoms with Gasteiger partial charge in [0.05, 0.1) is 0 Å². The van der Waals surface area contributed by atoms with Gasteiger partial charge in [-0.15, -0.1) is 0 Å². The molecule has 0 unspecified atom stereocenters. The molecule has 2 aromatic carbocycles. The Labute approximate surface area is 320 Å². The van der Waals surface area contributed by atoms with Crippen LogP contribution in [-0.4, -0.2) is 11.8 Å². The van der Waals surface area contributed by atoms with Gasteiger partial charge in [-0.05, 0) is 153 Å². The Morgan fingerprint density at radius 1 is 0.357 bits per heavy atom. The SMILES string of the molecule is C=C=C=C=C=C=C=C=C=C=C=C=C=C=C=C=C=C=C=C=C=C=C=C=C=C=C=C=C=C=C=C=C=C=C=C(NC(=O)c1ccc(N)cc1)NC(=O)c1ccc(N)cc1. The smallest absolute Gasteiger partial charge is 0.257 e. The number of anilines is 2. The van der Waals surface area contributed by atoms with Crippen LogP contribution in [0.3, 0.4) is 0 Å². The second kappa shape index (κ2) is 28.1. The van der Waals surface area contributed by atoms with Crippen LogP contribution >= 0.6 is 0 Å². The van der Waals surface area contributed by atoms with E-state index in [-0.39, 0.29) is 5.82 Å². The molecule has 2 amide bonds. The zero-order valence-corrected chi connectivity index (χ0v) is 28.8. The first-order chi connectivity index (χ1) is 27.5. The Bertz CT molecular complexity index is 3290. The summed E-state index contributed by atoms with van der Waals surface area (Å²) in [6.45, 7) is 3.31. The molecule has 6 nitrogen and oxygen atoms in total. The van der Waals surface area contributed by atoms with Crippen molar-refractivity contribution in [3.05, 3.63) is 267 Å². The normalized spacial score (nSPS) is 6.29. The quantitative estimate of drug-likeness (QED) is 0.209. The van der Waals surface area contributed by atoms with E-state index in [1.165, 1.54) is 24.3 Å². The Morgan fingerprint density at radius 2 is 0.571 bits per heavy atom. The molecule has 0 saturated heterocycles. The summed E-state index contributed by atoms with van der Waals surface area (Å²) in [6.07, 6.45) is 0. The predicted octanol–water partition coefficient (Wildman–Crippen LogP) is 6.76. The Morgan fingerprint density at radius 3 is 0.804 bits per heavy atom. The first-order valence-corrected chi connectivity index (χ1v) is 15.0. The number of hydrogen-bond donors (Lipinski definition) is 4. The van der Waals surface area contributed by atoms with Gasteiger partial charge in [0.1, 0.15) is 0 Å². The molecule has 0 aliphatic rings. The zero-order valence-electron chi connectivity index (χ0n) is 28.8. The highest BCUT2D eigenvalue weighted by Crippen LogP contribution is 2.07. The molecule has 0 heterocycles. The molecule has 0 bridgehead atoms. The number of nitrogens with two attached hydrogens (primary N) is 2. The minimum absolute atomic E-state index is 0.0950. The fourth-order valence-corrected chi connectivity index (χ4v) is 2.81. The fraction of sp³-hybridized carbons (Fsp3) is 0. The number of hydrogen-bond acceptors (Lipinski definition) is 4. The summed E-state index contributed by atoms with van der Waals surface area (Å²) in [4.78, 5) is 25.3. The highest BCUT2D eigenvalue weighted by Gasteiger charge is 2.11. The molecule has 0 spiro atoms. The maximum atomic E-state index is 12.7. The lowest BCUT2D eigenvalue weighted by molar-refractivity contribution is 0.0943. The van der Waals surface area contributed by atoms with Crippen LogP contribution in [0.2, 0.25) is 0 Å².